The Kier molecular flexibility index (Phi) is 5.18. The zero-order chi connectivity index (χ0) is 19.4. The van der Waals surface area contributed by atoms with E-state index in [1.54, 1.807) is 40.6 Å². The molecule has 0 spiro atoms. The fourth-order valence-corrected chi connectivity index (χ4v) is 2.82. The summed E-state index contributed by atoms with van der Waals surface area (Å²) in [4.78, 5) is 4.35. The van der Waals surface area contributed by atoms with Crippen LogP contribution in [-0.2, 0) is 0 Å². The van der Waals surface area contributed by atoms with Crippen molar-refractivity contribution >= 4 is 22.3 Å². The van der Waals surface area contributed by atoms with Gasteiger partial charge in [-0.15, -0.1) is 0 Å². The fourth-order valence-electron chi connectivity index (χ4n) is 2.82. The fraction of sp³-hybridized carbons (Fsp3) is 0.200. The average molecular weight is 365 g/mol. The van der Waals surface area contributed by atoms with Crippen LogP contribution >= 0.6 is 0 Å². The van der Waals surface area contributed by atoms with Gasteiger partial charge in [0.2, 0.25) is 5.75 Å². The van der Waals surface area contributed by atoms with Crippen molar-refractivity contribution in [2.24, 2.45) is 0 Å². The van der Waals surface area contributed by atoms with Gasteiger partial charge >= 0.3 is 0 Å². The maximum atomic E-state index is 9.52. The minimum atomic E-state index is 0.418. The molecule has 7 heteroatoms. The molecule has 3 rings (SSSR count). The molecule has 2 aromatic carbocycles. The second-order valence-electron chi connectivity index (χ2n) is 5.58. The van der Waals surface area contributed by atoms with Crippen molar-refractivity contribution in [3.63, 3.8) is 0 Å². The highest BCUT2D eigenvalue weighted by atomic mass is 16.5. The minimum Gasteiger partial charge on any atom is -0.497 e. The molecule has 7 nitrogen and oxygen atoms in total. The lowest BCUT2D eigenvalue weighted by atomic mass is 10.1. The monoisotopic (exact) mass is 365 g/mol. The van der Waals surface area contributed by atoms with Gasteiger partial charge in [0.15, 0.2) is 11.5 Å². The molecule has 1 N–H and O–H groups in total. The molecule has 0 atom stereocenters. The van der Waals surface area contributed by atoms with Crippen molar-refractivity contribution in [3.8, 4) is 29.1 Å². The van der Waals surface area contributed by atoms with E-state index < -0.39 is 0 Å². The van der Waals surface area contributed by atoms with Crippen LogP contribution < -0.4 is 24.3 Å². The van der Waals surface area contributed by atoms with Gasteiger partial charge < -0.3 is 24.3 Å². The van der Waals surface area contributed by atoms with E-state index in [1.807, 2.05) is 18.2 Å². The number of aromatic nitrogens is 1. The Morgan fingerprint density at radius 2 is 1.63 bits per heavy atom. The van der Waals surface area contributed by atoms with Gasteiger partial charge in [0.1, 0.15) is 11.8 Å². The predicted molar refractivity (Wildman–Crippen MR) is 102 cm³/mol. The molecule has 1 aromatic heterocycles. The van der Waals surface area contributed by atoms with Gasteiger partial charge in [0, 0.05) is 35.5 Å². The number of benzene rings is 2. The Balaban J connectivity index is 2.15. The molecule has 0 aliphatic carbocycles. The SMILES string of the molecule is COc1ccc2c(Nc3cc(OC)c(OC)c(OC)c3)c(C#N)cnc2c1. The van der Waals surface area contributed by atoms with E-state index in [0.29, 0.717) is 45.5 Å². The molecule has 0 saturated carbocycles. The van der Waals surface area contributed by atoms with Crippen molar-refractivity contribution in [1.82, 2.24) is 4.98 Å². The molecule has 3 aromatic rings. The number of pyridine rings is 1. The van der Waals surface area contributed by atoms with Crippen LogP contribution in [-0.4, -0.2) is 33.4 Å². The Labute approximate surface area is 157 Å². The molecular formula is C20H19N3O4. The zero-order valence-corrected chi connectivity index (χ0v) is 15.5. The number of fused-ring (bicyclic) bond motifs is 1. The first-order chi connectivity index (χ1) is 13.1. The number of hydrogen-bond donors (Lipinski definition) is 1. The highest BCUT2D eigenvalue weighted by Crippen LogP contribution is 2.41. The zero-order valence-electron chi connectivity index (χ0n) is 15.5. The highest BCUT2D eigenvalue weighted by molar-refractivity contribution is 5.96. The third-order valence-corrected chi connectivity index (χ3v) is 4.13. The number of anilines is 2. The molecule has 0 fully saturated rings. The van der Waals surface area contributed by atoms with Gasteiger partial charge in [-0.05, 0) is 12.1 Å². The van der Waals surface area contributed by atoms with E-state index >= 15 is 0 Å². The Morgan fingerprint density at radius 3 is 2.19 bits per heavy atom. The molecule has 1 heterocycles. The number of hydrogen-bond acceptors (Lipinski definition) is 7. The van der Waals surface area contributed by atoms with Gasteiger partial charge in [-0.25, -0.2) is 0 Å². The summed E-state index contributed by atoms with van der Waals surface area (Å²) in [5.74, 6) is 2.21. The largest absolute Gasteiger partial charge is 0.497 e. The van der Waals surface area contributed by atoms with Crippen LogP contribution in [0.15, 0.2) is 36.5 Å². The van der Waals surface area contributed by atoms with Gasteiger partial charge in [0.05, 0.1) is 45.2 Å². The van der Waals surface area contributed by atoms with Gasteiger partial charge in [-0.1, -0.05) is 0 Å². The first-order valence-electron chi connectivity index (χ1n) is 8.09. The van der Waals surface area contributed by atoms with Crippen molar-refractivity contribution < 1.29 is 18.9 Å². The predicted octanol–water partition coefficient (Wildman–Crippen LogP) is 3.88. The summed E-state index contributed by atoms with van der Waals surface area (Å²) in [6.07, 6.45) is 1.53. The molecule has 0 amide bonds. The summed E-state index contributed by atoms with van der Waals surface area (Å²) >= 11 is 0. The maximum absolute atomic E-state index is 9.52. The number of nitrogens with one attached hydrogen (secondary N) is 1. The van der Waals surface area contributed by atoms with Crippen molar-refractivity contribution in [3.05, 3.63) is 42.1 Å². The van der Waals surface area contributed by atoms with E-state index in [-0.39, 0.29) is 0 Å². The van der Waals surface area contributed by atoms with Crippen LogP contribution in [0, 0.1) is 11.3 Å². The van der Waals surface area contributed by atoms with E-state index in [2.05, 4.69) is 16.4 Å². The number of nitrogens with zero attached hydrogens (tertiary/aromatic N) is 2. The summed E-state index contributed by atoms with van der Waals surface area (Å²) in [5, 5.41) is 13.6. The number of rotatable bonds is 6. The highest BCUT2D eigenvalue weighted by Gasteiger charge is 2.16. The quantitative estimate of drug-likeness (QED) is 0.709. The topological polar surface area (TPSA) is 85.6 Å². The summed E-state index contributed by atoms with van der Waals surface area (Å²) in [7, 11) is 6.25. The number of nitriles is 1. The lowest BCUT2D eigenvalue weighted by Crippen LogP contribution is -2.00. The van der Waals surface area contributed by atoms with Gasteiger partial charge in [-0.2, -0.15) is 5.26 Å². The normalized spacial score (nSPS) is 10.2. The molecule has 0 unspecified atom stereocenters. The summed E-state index contributed by atoms with van der Waals surface area (Å²) in [5.41, 5.74) is 2.45. The van der Waals surface area contributed by atoms with Crippen LogP contribution in [0.5, 0.6) is 23.0 Å². The van der Waals surface area contributed by atoms with E-state index in [0.717, 1.165) is 5.39 Å². The third kappa shape index (κ3) is 3.37. The maximum Gasteiger partial charge on any atom is 0.203 e. The van der Waals surface area contributed by atoms with Crippen molar-refractivity contribution in [2.75, 3.05) is 33.8 Å². The van der Waals surface area contributed by atoms with E-state index in [1.165, 1.54) is 6.20 Å². The van der Waals surface area contributed by atoms with Crippen LogP contribution in [0.4, 0.5) is 11.4 Å². The molecule has 0 radical (unpaired) electrons. The lowest BCUT2D eigenvalue weighted by molar-refractivity contribution is 0.324. The first kappa shape index (κ1) is 18.1. The van der Waals surface area contributed by atoms with Crippen LogP contribution in [0.25, 0.3) is 10.9 Å². The molecule has 0 bridgehead atoms. The second-order valence-corrected chi connectivity index (χ2v) is 5.58. The number of methoxy groups -OCH3 is 4. The molecule has 0 aliphatic heterocycles. The molecule has 138 valence electrons. The molecular weight excluding hydrogens is 346 g/mol. The van der Waals surface area contributed by atoms with Crippen LogP contribution in [0.1, 0.15) is 5.56 Å². The van der Waals surface area contributed by atoms with Crippen LogP contribution in [0.3, 0.4) is 0 Å². The van der Waals surface area contributed by atoms with Gasteiger partial charge in [0.25, 0.3) is 0 Å². The van der Waals surface area contributed by atoms with Gasteiger partial charge in [-0.3, -0.25) is 4.98 Å². The summed E-state index contributed by atoms with van der Waals surface area (Å²) in [6.45, 7) is 0. The minimum absolute atomic E-state index is 0.418. The summed E-state index contributed by atoms with van der Waals surface area (Å²) < 4.78 is 21.4. The van der Waals surface area contributed by atoms with E-state index in [4.69, 9.17) is 18.9 Å². The van der Waals surface area contributed by atoms with E-state index in [9.17, 15) is 5.26 Å². The first-order valence-corrected chi connectivity index (χ1v) is 8.09. The molecule has 27 heavy (non-hydrogen) atoms. The smallest absolute Gasteiger partial charge is 0.203 e. The molecule has 0 aliphatic rings. The summed E-state index contributed by atoms with van der Waals surface area (Å²) in [6, 6.07) is 11.2. The van der Waals surface area contributed by atoms with Crippen molar-refractivity contribution in [2.45, 2.75) is 0 Å². The Bertz CT molecular complexity index is 1000. The molecule has 0 saturated heterocycles. The van der Waals surface area contributed by atoms with Crippen LogP contribution in [0.2, 0.25) is 0 Å². The Morgan fingerprint density at radius 1 is 0.926 bits per heavy atom. The third-order valence-electron chi connectivity index (χ3n) is 4.13. The van der Waals surface area contributed by atoms with Crippen molar-refractivity contribution in [1.29, 1.82) is 5.26 Å². The average Bonchev–Trinajstić information content (AvgIpc) is 2.72. The lowest BCUT2D eigenvalue weighted by Gasteiger charge is -2.16. The number of ether oxygens (including phenoxy) is 4. The standard InChI is InChI=1S/C20H19N3O4/c1-24-14-5-6-15-16(9-14)22-11-12(10-21)19(15)23-13-7-17(25-2)20(27-4)18(8-13)26-3/h5-9,11H,1-4H3,(H,22,23). The second kappa shape index (κ2) is 7.70. The Hall–Kier alpha value is -3.66.